The maximum atomic E-state index is 13.9. The van der Waals surface area contributed by atoms with Crippen LogP contribution in [0.4, 0.5) is 10.1 Å². The van der Waals surface area contributed by atoms with Gasteiger partial charge in [-0.1, -0.05) is 12.1 Å². The predicted molar refractivity (Wildman–Crippen MR) is 90.1 cm³/mol. The van der Waals surface area contributed by atoms with Gasteiger partial charge < -0.3 is 15.0 Å². The van der Waals surface area contributed by atoms with Gasteiger partial charge in [-0.25, -0.2) is 9.37 Å². The van der Waals surface area contributed by atoms with Crippen LogP contribution in [-0.4, -0.2) is 20.2 Å². The van der Waals surface area contributed by atoms with Crippen molar-refractivity contribution in [3.8, 4) is 5.75 Å². The standard InChI is InChI=1S/C18H20FN3O/c1-18(2,21-15-8-7-13(23)11-14(15)19)9-10-22-12-20-16-5-3-4-6-17(16)22/h3-8,11-12,21,23H,9-10H2,1-2H3. The second kappa shape index (κ2) is 5.91. The molecule has 0 fully saturated rings. The third-order valence-electron chi connectivity index (χ3n) is 3.93. The lowest BCUT2D eigenvalue weighted by Crippen LogP contribution is -2.32. The summed E-state index contributed by atoms with van der Waals surface area (Å²) in [5, 5.41) is 12.5. The van der Waals surface area contributed by atoms with Crippen molar-refractivity contribution in [3.63, 3.8) is 0 Å². The zero-order chi connectivity index (χ0) is 16.4. The van der Waals surface area contributed by atoms with E-state index in [1.807, 2.05) is 44.4 Å². The Morgan fingerprint density at radius 1 is 1.22 bits per heavy atom. The molecule has 0 aliphatic heterocycles. The van der Waals surface area contributed by atoms with Crippen LogP contribution in [0.25, 0.3) is 11.0 Å². The number of para-hydroxylation sites is 2. The van der Waals surface area contributed by atoms with Gasteiger partial charge in [-0.2, -0.15) is 0 Å². The second-order valence-corrected chi connectivity index (χ2v) is 6.35. The Hall–Kier alpha value is -2.56. The SMILES string of the molecule is CC(C)(CCn1cnc2ccccc21)Nc1ccc(O)cc1F. The Balaban J connectivity index is 1.71. The van der Waals surface area contributed by atoms with Gasteiger partial charge in [0.1, 0.15) is 11.6 Å². The number of nitrogens with one attached hydrogen (secondary N) is 1. The molecule has 2 aromatic carbocycles. The number of hydrogen-bond acceptors (Lipinski definition) is 3. The lowest BCUT2D eigenvalue weighted by atomic mass is 10.00. The number of anilines is 1. The number of phenols is 1. The summed E-state index contributed by atoms with van der Waals surface area (Å²) < 4.78 is 16.0. The van der Waals surface area contributed by atoms with E-state index in [1.165, 1.54) is 6.07 Å². The van der Waals surface area contributed by atoms with E-state index in [9.17, 15) is 9.50 Å². The van der Waals surface area contributed by atoms with Crippen molar-refractivity contribution in [2.24, 2.45) is 0 Å². The lowest BCUT2D eigenvalue weighted by molar-refractivity contribution is 0.461. The molecule has 1 heterocycles. The molecule has 4 nitrogen and oxygen atoms in total. The molecule has 0 aliphatic rings. The number of aromatic hydroxyl groups is 1. The second-order valence-electron chi connectivity index (χ2n) is 6.35. The number of nitrogens with zero attached hydrogens (tertiary/aromatic N) is 2. The van der Waals surface area contributed by atoms with E-state index in [0.717, 1.165) is 30.1 Å². The van der Waals surface area contributed by atoms with Crippen LogP contribution in [-0.2, 0) is 6.54 Å². The molecule has 0 amide bonds. The van der Waals surface area contributed by atoms with Gasteiger partial charge in [-0.3, -0.25) is 0 Å². The minimum absolute atomic E-state index is 0.0734. The van der Waals surface area contributed by atoms with E-state index in [-0.39, 0.29) is 11.3 Å². The number of benzene rings is 2. The highest BCUT2D eigenvalue weighted by molar-refractivity contribution is 5.74. The Morgan fingerprint density at radius 2 is 2.00 bits per heavy atom. The van der Waals surface area contributed by atoms with Gasteiger partial charge in [0.25, 0.3) is 0 Å². The average Bonchev–Trinajstić information content (AvgIpc) is 2.92. The highest BCUT2D eigenvalue weighted by Gasteiger charge is 2.19. The first-order valence-electron chi connectivity index (χ1n) is 7.61. The van der Waals surface area contributed by atoms with Crippen molar-refractivity contribution in [3.05, 3.63) is 54.6 Å². The number of rotatable bonds is 5. The maximum Gasteiger partial charge on any atom is 0.149 e. The first-order valence-corrected chi connectivity index (χ1v) is 7.61. The van der Waals surface area contributed by atoms with Gasteiger partial charge in [-0.15, -0.1) is 0 Å². The molecule has 3 rings (SSSR count). The topological polar surface area (TPSA) is 50.1 Å². The van der Waals surface area contributed by atoms with E-state index in [2.05, 4.69) is 14.9 Å². The highest BCUT2D eigenvalue weighted by Crippen LogP contribution is 2.25. The first-order chi connectivity index (χ1) is 10.9. The summed E-state index contributed by atoms with van der Waals surface area (Å²) >= 11 is 0. The number of halogens is 1. The number of hydrogen-bond donors (Lipinski definition) is 2. The fourth-order valence-corrected chi connectivity index (χ4v) is 2.62. The van der Waals surface area contributed by atoms with Crippen molar-refractivity contribution in [1.29, 1.82) is 0 Å². The van der Waals surface area contributed by atoms with Gasteiger partial charge in [0.2, 0.25) is 0 Å². The number of aromatic nitrogens is 2. The minimum atomic E-state index is -0.453. The molecule has 3 aromatic rings. The van der Waals surface area contributed by atoms with Crippen LogP contribution in [0.15, 0.2) is 48.8 Å². The normalized spacial score (nSPS) is 11.8. The number of phenolic OH excluding ortho intramolecular Hbond substituents is 1. The molecule has 0 atom stereocenters. The molecule has 23 heavy (non-hydrogen) atoms. The zero-order valence-corrected chi connectivity index (χ0v) is 13.3. The summed E-state index contributed by atoms with van der Waals surface area (Å²) in [5.41, 5.74) is 2.16. The zero-order valence-electron chi connectivity index (χ0n) is 13.3. The quantitative estimate of drug-likeness (QED) is 0.695. The fourth-order valence-electron chi connectivity index (χ4n) is 2.62. The van der Waals surface area contributed by atoms with Crippen molar-refractivity contribution in [2.45, 2.75) is 32.4 Å². The molecule has 0 aliphatic carbocycles. The van der Waals surface area contributed by atoms with Crippen LogP contribution in [0, 0.1) is 5.82 Å². The molecule has 1 aromatic heterocycles. The highest BCUT2D eigenvalue weighted by atomic mass is 19.1. The van der Waals surface area contributed by atoms with Gasteiger partial charge in [0.05, 0.1) is 23.0 Å². The van der Waals surface area contributed by atoms with E-state index >= 15 is 0 Å². The predicted octanol–water partition coefficient (Wildman–Crippen LogP) is 4.16. The third kappa shape index (κ3) is 3.44. The van der Waals surface area contributed by atoms with Crippen LogP contribution >= 0.6 is 0 Å². The molecule has 0 unspecified atom stereocenters. The largest absolute Gasteiger partial charge is 0.508 e. The Bertz CT molecular complexity index is 826. The molecule has 0 bridgehead atoms. The van der Waals surface area contributed by atoms with Crippen LogP contribution in [0.2, 0.25) is 0 Å². The summed E-state index contributed by atoms with van der Waals surface area (Å²) in [6.45, 7) is 4.83. The van der Waals surface area contributed by atoms with Gasteiger partial charge in [0.15, 0.2) is 0 Å². The Kier molecular flexibility index (Phi) is 3.94. The van der Waals surface area contributed by atoms with Crippen molar-refractivity contribution < 1.29 is 9.50 Å². The maximum absolute atomic E-state index is 13.9. The summed E-state index contributed by atoms with van der Waals surface area (Å²) in [7, 11) is 0. The minimum Gasteiger partial charge on any atom is -0.508 e. The van der Waals surface area contributed by atoms with Gasteiger partial charge in [-0.05, 0) is 44.5 Å². The van der Waals surface area contributed by atoms with Gasteiger partial charge >= 0.3 is 0 Å². The lowest BCUT2D eigenvalue weighted by Gasteiger charge is -2.28. The molecule has 120 valence electrons. The van der Waals surface area contributed by atoms with Crippen LogP contribution in [0.5, 0.6) is 5.75 Å². The number of aryl methyl sites for hydroxylation is 1. The molecule has 0 spiro atoms. The number of fused-ring (bicyclic) bond motifs is 1. The smallest absolute Gasteiger partial charge is 0.149 e. The molecule has 0 saturated carbocycles. The third-order valence-corrected chi connectivity index (χ3v) is 3.93. The summed E-state index contributed by atoms with van der Waals surface area (Å²) in [6.07, 6.45) is 2.63. The monoisotopic (exact) mass is 313 g/mol. The molecular formula is C18H20FN3O. The van der Waals surface area contributed by atoms with E-state index in [0.29, 0.717) is 5.69 Å². The van der Waals surface area contributed by atoms with E-state index in [1.54, 1.807) is 6.07 Å². The Morgan fingerprint density at radius 3 is 2.78 bits per heavy atom. The molecule has 5 heteroatoms. The molecular weight excluding hydrogens is 293 g/mol. The van der Waals surface area contributed by atoms with Crippen LogP contribution in [0.1, 0.15) is 20.3 Å². The number of imidazole rings is 1. The first kappa shape index (κ1) is 15.3. The molecule has 0 radical (unpaired) electrons. The van der Waals surface area contributed by atoms with Crippen molar-refractivity contribution in [2.75, 3.05) is 5.32 Å². The van der Waals surface area contributed by atoms with Gasteiger partial charge in [0, 0.05) is 18.2 Å². The van der Waals surface area contributed by atoms with Crippen molar-refractivity contribution in [1.82, 2.24) is 9.55 Å². The summed E-state index contributed by atoms with van der Waals surface area (Å²) in [4.78, 5) is 4.38. The molecule has 2 N–H and O–H groups in total. The molecule has 0 saturated heterocycles. The summed E-state index contributed by atoms with van der Waals surface area (Å²) in [6, 6.07) is 12.1. The van der Waals surface area contributed by atoms with Crippen LogP contribution < -0.4 is 5.32 Å². The van der Waals surface area contributed by atoms with E-state index < -0.39 is 5.82 Å². The fraction of sp³-hybridized carbons (Fsp3) is 0.278. The average molecular weight is 313 g/mol. The van der Waals surface area contributed by atoms with Crippen molar-refractivity contribution >= 4 is 16.7 Å². The van der Waals surface area contributed by atoms with E-state index in [4.69, 9.17) is 0 Å². The summed E-state index contributed by atoms with van der Waals surface area (Å²) in [5.74, 6) is -0.526. The Labute approximate surface area is 134 Å². The van der Waals surface area contributed by atoms with Crippen LogP contribution in [0.3, 0.4) is 0 Å².